The van der Waals surface area contributed by atoms with E-state index in [4.69, 9.17) is 14.2 Å². The maximum absolute atomic E-state index is 12.7. The second kappa shape index (κ2) is 49.5. The van der Waals surface area contributed by atoms with Crippen LogP contribution in [0, 0.1) is 0 Å². The fraction of sp³-hybridized carbons (Fsp3) is 0.589. The summed E-state index contributed by atoms with van der Waals surface area (Å²) in [6.45, 7) is 6.27. The predicted octanol–water partition coefficient (Wildman–Crippen LogP) is 16.1. The van der Waals surface area contributed by atoms with E-state index in [0.717, 1.165) is 103 Å². The lowest BCUT2D eigenvalue weighted by Crippen LogP contribution is -2.30. The largest absolute Gasteiger partial charge is 0.462 e. The molecule has 0 aliphatic rings. The standard InChI is InChI=1S/C56H88O6/c1-4-7-10-13-16-19-21-23-25-27-28-29-31-32-34-37-40-43-46-49-55(58)61-52-53(51-60-54(57)48-45-42-39-36-18-15-12-9-6-3)62-56(59)50-47-44-41-38-35-33-30-26-24-22-20-17-14-11-8-5-2/h7-8,10-11,16-17,19-20,23-26,28-29,32-35,40,43,53H,4-6,9,12-15,18,21-22,27,30-31,36-39,41-42,44-52H2,1-3H3/b10-7-,11-8-,19-16-,20-17-,25-23-,26-24-,29-28-,34-32-,35-33-,43-40-. The van der Waals surface area contributed by atoms with Gasteiger partial charge in [-0.15, -0.1) is 0 Å². The van der Waals surface area contributed by atoms with Gasteiger partial charge in [-0.1, -0.05) is 200 Å². The van der Waals surface area contributed by atoms with Crippen LogP contribution in [0.2, 0.25) is 0 Å². The molecule has 0 bridgehead atoms. The molecule has 1 unspecified atom stereocenters. The summed E-state index contributed by atoms with van der Waals surface area (Å²) < 4.78 is 16.6. The van der Waals surface area contributed by atoms with E-state index in [0.29, 0.717) is 19.3 Å². The van der Waals surface area contributed by atoms with Crippen LogP contribution in [-0.2, 0) is 28.6 Å². The zero-order chi connectivity index (χ0) is 45.1. The number of allylic oxidation sites excluding steroid dienone is 20. The number of hydrogen-bond acceptors (Lipinski definition) is 6. The average molecular weight is 857 g/mol. The molecule has 0 saturated carbocycles. The van der Waals surface area contributed by atoms with Crippen LogP contribution in [0.1, 0.15) is 194 Å². The zero-order valence-corrected chi connectivity index (χ0v) is 39.6. The van der Waals surface area contributed by atoms with Crippen LogP contribution in [0.4, 0.5) is 0 Å². The number of esters is 3. The second-order valence-corrected chi connectivity index (χ2v) is 15.6. The third kappa shape index (κ3) is 46.9. The first kappa shape index (κ1) is 57.8. The summed E-state index contributed by atoms with van der Waals surface area (Å²) in [6, 6.07) is 0. The van der Waals surface area contributed by atoms with Gasteiger partial charge in [0.1, 0.15) is 13.2 Å². The lowest BCUT2D eigenvalue weighted by Gasteiger charge is -2.18. The maximum Gasteiger partial charge on any atom is 0.306 e. The Balaban J connectivity index is 4.54. The van der Waals surface area contributed by atoms with Gasteiger partial charge in [0.25, 0.3) is 0 Å². The van der Waals surface area contributed by atoms with Crippen molar-refractivity contribution in [3.63, 3.8) is 0 Å². The molecule has 0 radical (unpaired) electrons. The Morgan fingerprint density at radius 1 is 0.339 bits per heavy atom. The van der Waals surface area contributed by atoms with E-state index < -0.39 is 6.10 Å². The van der Waals surface area contributed by atoms with E-state index in [1.165, 1.54) is 38.5 Å². The Morgan fingerprint density at radius 3 is 1.08 bits per heavy atom. The first-order valence-corrected chi connectivity index (χ1v) is 24.5. The fourth-order valence-electron chi connectivity index (χ4n) is 6.10. The molecule has 6 heteroatoms. The van der Waals surface area contributed by atoms with Crippen LogP contribution in [0.5, 0.6) is 0 Å². The molecular weight excluding hydrogens is 769 g/mol. The predicted molar refractivity (Wildman–Crippen MR) is 265 cm³/mol. The molecule has 0 amide bonds. The third-order valence-corrected chi connectivity index (χ3v) is 9.73. The van der Waals surface area contributed by atoms with Gasteiger partial charge in [0.2, 0.25) is 0 Å². The van der Waals surface area contributed by atoms with Crippen molar-refractivity contribution in [3.8, 4) is 0 Å². The number of ether oxygens (including phenoxy) is 3. The first-order chi connectivity index (χ1) is 30.5. The molecule has 0 rings (SSSR count). The summed E-state index contributed by atoms with van der Waals surface area (Å²) >= 11 is 0. The van der Waals surface area contributed by atoms with Gasteiger partial charge in [-0.05, 0) is 96.3 Å². The summed E-state index contributed by atoms with van der Waals surface area (Å²) in [4.78, 5) is 37.8. The minimum Gasteiger partial charge on any atom is -0.462 e. The summed E-state index contributed by atoms with van der Waals surface area (Å²) in [5.74, 6) is -1.05. The molecule has 6 nitrogen and oxygen atoms in total. The summed E-state index contributed by atoms with van der Waals surface area (Å²) in [5.41, 5.74) is 0. The van der Waals surface area contributed by atoms with Crippen molar-refractivity contribution in [2.24, 2.45) is 0 Å². The normalized spacial score (nSPS) is 13.1. The van der Waals surface area contributed by atoms with Crippen molar-refractivity contribution in [2.45, 2.75) is 200 Å². The topological polar surface area (TPSA) is 78.9 Å². The van der Waals surface area contributed by atoms with E-state index in [-0.39, 0.29) is 44.0 Å². The highest BCUT2D eigenvalue weighted by Crippen LogP contribution is 2.12. The maximum atomic E-state index is 12.7. The fourth-order valence-corrected chi connectivity index (χ4v) is 6.10. The molecule has 0 aromatic rings. The molecule has 0 fully saturated rings. The number of carbonyl (C=O) groups excluding carboxylic acids is 3. The Hall–Kier alpha value is -4.19. The Kier molecular flexibility index (Phi) is 46.1. The highest BCUT2D eigenvalue weighted by Gasteiger charge is 2.19. The summed E-state index contributed by atoms with van der Waals surface area (Å²) in [6.07, 6.45) is 67.7. The van der Waals surface area contributed by atoms with E-state index in [1.54, 1.807) is 0 Å². The molecular formula is C56H88O6. The van der Waals surface area contributed by atoms with Crippen LogP contribution < -0.4 is 0 Å². The molecule has 62 heavy (non-hydrogen) atoms. The zero-order valence-electron chi connectivity index (χ0n) is 39.6. The van der Waals surface area contributed by atoms with E-state index in [1.807, 2.05) is 12.2 Å². The van der Waals surface area contributed by atoms with Crippen LogP contribution >= 0.6 is 0 Å². The van der Waals surface area contributed by atoms with Crippen molar-refractivity contribution in [2.75, 3.05) is 13.2 Å². The second-order valence-electron chi connectivity index (χ2n) is 15.6. The number of carbonyl (C=O) groups is 3. The molecule has 0 aliphatic carbocycles. The van der Waals surface area contributed by atoms with Crippen LogP contribution in [0.3, 0.4) is 0 Å². The van der Waals surface area contributed by atoms with Gasteiger partial charge in [-0.2, -0.15) is 0 Å². The SMILES string of the molecule is CC/C=C\C/C=C\C/C=C\C/C=C\C/C=C\C/C=C\CCC(=O)OCC(COC(=O)CCCCCCCCCCC)OC(=O)CCCCC/C=C\C/C=C\C/C=C\C/C=C\CC. The van der Waals surface area contributed by atoms with Gasteiger partial charge in [0, 0.05) is 19.3 Å². The Bertz CT molecular complexity index is 1350. The van der Waals surface area contributed by atoms with Gasteiger partial charge in [0.15, 0.2) is 6.10 Å². The molecule has 0 aliphatic heterocycles. The van der Waals surface area contributed by atoms with E-state index >= 15 is 0 Å². The van der Waals surface area contributed by atoms with E-state index in [9.17, 15) is 14.4 Å². The van der Waals surface area contributed by atoms with Gasteiger partial charge < -0.3 is 14.2 Å². The molecule has 0 saturated heterocycles. The molecule has 0 aromatic heterocycles. The lowest BCUT2D eigenvalue weighted by atomic mass is 10.1. The first-order valence-electron chi connectivity index (χ1n) is 24.5. The van der Waals surface area contributed by atoms with Gasteiger partial charge in [0.05, 0.1) is 0 Å². The Morgan fingerprint density at radius 2 is 0.661 bits per heavy atom. The monoisotopic (exact) mass is 857 g/mol. The highest BCUT2D eigenvalue weighted by atomic mass is 16.6. The van der Waals surface area contributed by atoms with Crippen molar-refractivity contribution < 1.29 is 28.6 Å². The Labute approximate surface area is 380 Å². The summed E-state index contributed by atoms with van der Waals surface area (Å²) in [5, 5.41) is 0. The van der Waals surface area contributed by atoms with Crippen LogP contribution in [0.25, 0.3) is 0 Å². The van der Waals surface area contributed by atoms with Gasteiger partial charge >= 0.3 is 17.9 Å². The van der Waals surface area contributed by atoms with Crippen molar-refractivity contribution >= 4 is 17.9 Å². The molecule has 0 heterocycles. The van der Waals surface area contributed by atoms with Crippen molar-refractivity contribution in [3.05, 3.63) is 122 Å². The molecule has 0 N–H and O–H groups in total. The molecule has 1 atom stereocenters. The molecule has 0 aromatic carbocycles. The molecule has 348 valence electrons. The third-order valence-electron chi connectivity index (χ3n) is 9.73. The van der Waals surface area contributed by atoms with Gasteiger partial charge in [-0.3, -0.25) is 14.4 Å². The minimum atomic E-state index is -0.825. The van der Waals surface area contributed by atoms with Crippen LogP contribution in [0.15, 0.2) is 122 Å². The average Bonchev–Trinajstić information content (AvgIpc) is 3.27. The van der Waals surface area contributed by atoms with Gasteiger partial charge in [-0.25, -0.2) is 0 Å². The van der Waals surface area contributed by atoms with Crippen LogP contribution in [-0.4, -0.2) is 37.2 Å². The quantitative estimate of drug-likeness (QED) is 0.0263. The summed E-state index contributed by atoms with van der Waals surface area (Å²) in [7, 11) is 0. The smallest absolute Gasteiger partial charge is 0.306 e. The van der Waals surface area contributed by atoms with Crippen molar-refractivity contribution in [1.82, 2.24) is 0 Å². The number of unbranched alkanes of at least 4 members (excludes halogenated alkanes) is 11. The van der Waals surface area contributed by atoms with E-state index in [2.05, 4.69) is 130 Å². The lowest BCUT2D eigenvalue weighted by molar-refractivity contribution is -0.166. The van der Waals surface area contributed by atoms with Crippen molar-refractivity contribution in [1.29, 1.82) is 0 Å². The number of hydrogen-bond donors (Lipinski definition) is 0. The number of rotatable bonds is 42. The molecule has 0 spiro atoms. The highest BCUT2D eigenvalue weighted by molar-refractivity contribution is 5.71. The minimum absolute atomic E-state index is 0.117.